The molecule has 1 aromatic carbocycles. The van der Waals surface area contributed by atoms with Crippen molar-refractivity contribution in [2.45, 2.75) is 32.2 Å². The summed E-state index contributed by atoms with van der Waals surface area (Å²) in [7, 11) is 0. The van der Waals surface area contributed by atoms with Crippen molar-refractivity contribution in [1.29, 1.82) is 0 Å². The van der Waals surface area contributed by atoms with Crippen LogP contribution in [0.3, 0.4) is 0 Å². The molecule has 2 atom stereocenters. The quantitative estimate of drug-likeness (QED) is 0.900. The Balaban J connectivity index is 1.87. The number of amides is 2. The van der Waals surface area contributed by atoms with Gasteiger partial charge in [0.15, 0.2) is 0 Å². The van der Waals surface area contributed by atoms with Gasteiger partial charge >= 0.3 is 0 Å². The van der Waals surface area contributed by atoms with Crippen molar-refractivity contribution in [3.8, 4) is 5.75 Å². The van der Waals surface area contributed by atoms with E-state index in [2.05, 4.69) is 0 Å². The summed E-state index contributed by atoms with van der Waals surface area (Å²) in [5, 5.41) is 0. The average molecular weight is 308 g/mol. The summed E-state index contributed by atoms with van der Waals surface area (Å²) in [5.41, 5.74) is 5.39. The number of hydrogen-bond donors (Lipinski definition) is 1. The number of halogens is 1. The van der Waals surface area contributed by atoms with Crippen LogP contribution in [0.4, 0.5) is 4.39 Å². The molecule has 1 saturated heterocycles. The summed E-state index contributed by atoms with van der Waals surface area (Å²) in [6.45, 7) is 2.72. The van der Waals surface area contributed by atoms with Crippen LogP contribution in [-0.2, 0) is 9.59 Å². The third-order valence-electron chi connectivity index (χ3n) is 3.89. The number of benzene rings is 1. The molecule has 0 spiro atoms. The molecular formula is C16H21FN2O3. The van der Waals surface area contributed by atoms with Crippen molar-refractivity contribution in [3.05, 3.63) is 30.1 Å². The molecule has 1 heterocycles. The van der Waals surface area contributed by atoms with Crippen LogP contribution >= 0.6 is 0 Å². The second kappa shape index (κ2) is 7.24. The number of rotatable bonds is 5. The number of likely N-dealkylation sites (tertiary alicyclic amines) is 1. The van der Waals surface area contributed by atoms with Crippen LogP contribution in [0.5, 0.6) is 5.75 Å². The van der Waals surface area contributed by atoms with Gasteiger partial charge < -0.3 is 15.4 Å². The summed E-state index contributed by atoms with van der Waals surface area (Å²) in [5.74, 6) is -0.252. The Hall–Kier alpha value is -2.11. The van der Waals surface area contributed by atoms with Crippen molar-refractivity contribution in [3.63, 3.8) is 0 Å². The number of hydrogen-bond acceptors (Lipinski definition) is 3. The molecule has 0 unspecified atom stereocenters. The molecule has 0 aliphatic carbocycles. The highest BCUT2D eigenvalue weighted by molar-refractivity contribution is 5.86. The van der Waals surface area contributed by atoms with E-state index in [9.17, 15) is 14.0 Å². The van der Waals surface area contributed by atoms with E-state index >= 15 is 0 Å². The minimum absolute atomic E-state index is 0.134. The summed E-state index contributed by atoms with van der Waals surface area (Å²) in [6, 6.07) is 5.22. The van der Waals surface area contributed by atoms with Crippen LogP contribution in [0.25, 0.3) is 0 Å². The first-order chi connectivity index (χ1) is 10.5. The molecular weight excluding hydrogens is 287 g/mol. The van der Waals surface area contributed by atoms with E-state index in [4.69, 9.17) is 10.5 Å². The summed E-state index contributed by atoms with van der Waals surface area (Å²) in [6.07, 6.45) is 1.60. The van der Waals surface area contributed by atoms with Crippen molar-refractivity contribution in [2.24, 2.45) is 11.7 Å². The van der Waals surface area contributed by atoms with E-state index in [0.29, 0.717) is 24.6 Å². The van der Waals surface area contributed by atoms with Gasteiger partial charge in [0.05, 0.1) is 13.0 Å². The molecule has 0 saturated carbocycles. The molecule has 1 fully saturated rings. The molecule has 0 bridgehead atoms. The zero-order chi connectivity index (χ0) is 16.1. The molecule has 2 amide bonds. The fourth-order valence-electron chi connectivity index (χ4n) is 2.67. The minimum Gasteiger partial charge on any atom is -0.493 e. The van der Waals surface area contributed by atoms with Gasteiger partial charge in [0.2, 0.25) is 11.8 Å². The van der Waals surface area contributed by atoms with Gasteiger partial charge in [-0.1, -0.05) is 13.0 Å². The predicted octanol–water partition coefficient (Wildman–Crippen LogP) is 1.71. The Kier molecular flexibility index (Phi) is 5.35. The lowest BCUT2D eigenvalue weighted by Gasteiger charge is -2.36. The third kappa shape index (κ3) is 4.19. The minimum atomic E-state index is -0.537. The van der Waals surface area contributed by atoms with Gasteiger partial charge in [0.1, 0.15) is 17.6 Å². The average Bonchev–Trinajstić information content (AvgIpc) is 2.47. The lowest BCUT2D eigenvalue weighted by Crippen LogP contribution is -2.52. The van der Waals surface area contributed by atoms with Crippen molar-refractivity contribution < 1.29 is 18.7 Å². The van der Waals surface area contributed by atoms with E-state index in [0.717, 1.165) is 6.42 Å². The zero-order valence-electron chi connectivity index (χ0n) is 12.6. The smallest absolute Gasteiger partial charge is 0.240 e. The van der Waals surface area contributed by atoms with Crippen LogP contribution in [0.2, 0.25) is 0 Å². The number of nitrogens with zero attached hydrogens (tertiary/aromatic N) is 1. The van der Waals surface area contributed by atoms with E-state index in [1.165, 1.54) is 17.0 Å². The second-order valence-electron chi connectivity index (χ2n) is 5.69. The molecule has 1 aromatic rings. The number of primary amides is 1. The Morgan fingerprint density at radius 3 is 2.91 bits per heavy atom. The molecule has 0 aromatic heterocycles. The maximum atomic E-state index is 13.0. The van der Waals surface area contributed by atoms with E-state index < -0.39 is 11.9 Å². The third-order valence-corrected chi connectivity index (χ3v) is 3.89. The highest BCUT2D eigenvalue weighted by atomic mass is 19.1. The maximum absolute atomic E-state index is 13.0. The van der Waals surface area contributed by atoms with E-state index in [1.807, 2.05) is 6.92 Å². The molecule has 0 radical (unpaired) electrons. The van der Waals surface area contributed by atoms with Gasteiger partial charge in [-0.15, -0.1) is 0 Å². The molecule has 120 valence electrons. The van der Waals surface area contributed by atoms with Gasteiger partial charge in [-0.25, -0.2) is 4.39 Å². The van der Waals surface area contributed by atoms with Gasteiger partial charge in [-0.2, -0.15) is 0 Å². The van der Waals surface area contributed by atoms with Gasteiger partial charge in [0, 0.05) is 12.6 Å². The highest BCUT2D eigenvalue weighted by Gasteiger charge is 2.33. The lowest BCUT2D eigenvalue weighted by atomic mass is 9.92. The van der Waals surface area contributed by atoms with Crippen molar-refractivity contribution in [2.75, 3.05) is 13.2 Å². The molecule has 22 heavy (non-hydrogen) atoms. The van der Waals surface area contributed by atoms with Gasteiger partial charge in [-0.3, -0.25) is 9.59 Å². The largest absolute Gasteiger partial charge is 0.493 e. The SMILES string of the molecule is C[C@H]1CCN(C(=O)CCOc2cccc(F)c2)[C@H](C(N)=O)C1. The second-order valence-corrected chi connectivity index (χ2v) is 5.69. The van der Waals surface area contributed by atoms with E-state index in [1.54, 1.807) is 12.1 Å². The number of nitrogens with two attached hydrogens (primary N) is 1. The van der Waals surface area contributed by atoms with Gasteiger partial charge in [0.25, 0.3) is 0 Å². The Morgan fingerprint density at radius 1 is 1.45 bits per heavy atom. The van der Waals surface area contributed by atoms with Crippen LogP contribution in [0, 0.1) is 11.7 Å². The Labute approximate surface area is 129 Å². The molecule has 1 aliphatic rings. The summed E-state index contributed by atoms with van der Waals surface area (Å²) >= 11 is 0. The molecule has 5 nitrogen and oxygen atoms in total. The first-order valence-electron chi connectivity index (χ1n) is 7.44. The fourth-order valence-corrected chi connectivity index (χ4v) is 2.67. The van der Waals surface area contributed by atoms with E-state index in [-0.39, 0.29) is 24.8 Å². The van der Waals surface area contributed by atoms with Crippen LogP contribution in [0.1, 0.15) is 26.2 Å². The zero-order valence-corrected chi connectivity index (χ0v) is 12.6. The monoisotopic (exact) mass is 308 g/mol. The molecule has 2 rings (SSSR count). The molecule has 2 N–H and O–H groups in total. The summed E-state index contributed by atoms with van der Waals surface area (Å²) < 4.78 is 18.4. The number of piperidine rings is 1. The fraction of sp³-hybridized carbons (Fsp3) is 0.500. The first kappa shape index (κ1) is 16.3. The van der Waals surface area contributed by atoms with Crippen molar-refractivity contribution in [1.82, 2.24) is 4.90 Å². The number of carbonyl (C=O) groups is 2. The van der Waals surface area contributed by atoms with Crippen LogP contribution < -0.4 is 10.5 Å². The van der Waals surface area contributed by atoms with Crippen LogP contribution in [0.15, 0.2) is 24.3 Å². The molecule has 6 heteroatoms. The topological polar surface area (TPSA) is 72.6 Å². The lowest BCUT2D eigenvalue weighted by molar-refractivity contribution is -0.142. The van der Waals surface area contributed by atoms with Crippen molar-refractivity contribution >= 4 is 11.8 Å². The maximum Gasteiger partial charge on any atom is 0.240 e. The highest BCUT2D eigenvalue weighted by Crippen LogP contribution is 2.23. The number of carbonyl (C=O) groups excluding carboxylic acids is 2. The number of ether oxygens (including phenoxy) is 1. The molecule has 1 aliphatic heterocycles. The normalized spacial score (nSPS) is 21.5. The van der Waals surface area contributed by atoms with Crippen LogP contribution in [-0.4, -0.2) is 35.9 Å². The summed E-state index contributed by atoms with van der Waals surface area (Å²) in [4.78, 5) is 25.3. The Morgan fingerprint density at radius 2 is 2.23 bits per heavy atom. The Bertz CT molecular complexity index is 550. The first-order valence-corrected chi connectivity index (χ1v) is 7.44. The van der Waals surface area contributed by atoms with Gasteiger partial charge in [-0.05, 0) is 30.9 Å². The standard InChI is InChI=1S/C16H21FN2O3/c1-11-5-7-19(14(9-11)16(18)21)15(20)6-8-22-13-4-2-3-12(17)10-13/h2-4,10-11,14H,5-9H2,1H3,(H2,18,21)/t11-,14-/m0/s1. The predicted molar refractivity (Wildman–Crippen MR) is 79.6 cm³/mol.